The van der Waals surface area contributed by atoms with Crippen LogP contribution in [0.1, 0.15) is 155 Å². The van der Waals surface area contributed by atoms with Crippen molar-refractivity contribution in [3.63, 3.8) is 0 Å². The molecule has 4 aromatic rings. The Bertz CT molecular complexity index is 1910. The fourth-order valence-corrected chi connectivity index (χ4v) is 4.91. The number of nitrogen functional groups attached to an aromatic ring is 1. The van der Waals surface area contributed by atoms with E-state index < -0.39 is 17.9 Å². The van der Waals surface area contributed by atoms with E-state index in [1.807, 2.05) is 41.5 Å². The van der Waals surface area contributed by atoms with Crippen LogP contribution in [-0.4, -0.2) is 107 Å². The van der Waals surface area contributed by atoms with Crippen LogP contribution in [-0.2, 0) is 37.9 Å². The van der Waals surface area contributed by atoms with Gasteiger partial charge in [0.25, 0.3) is 0 Å². The first kappa shape index (κ1) is 64.7. The first-order chi connectivity index (χ1) is 30.0. The number of nitrogens with one attached hydrogen (secondary N) is 2. The molecule has 0 spiro atoms. The first-order valence-electron chi connectivity index (χ1n) is 19.6. The molecule has 366 valence electrons. The van der Waals surface area contributed by atoms with E-state index in [2.05, 4.69) is 139 Å². The van der Waals surface area contributed by atoms with Crippen LogP contribution in [0.15, 0.2) is 45.8 Å². The number of aromatic nitrogens is 8. The third-order valence-electron chi connectivity index (χ3n) is 6.25. The molecule has 0 aliphatic carbocycles. The van der Waals surface area contributed by atoms with Crippen LogP contribution in [0, 0.1) is 0 Å². The zero-order valence-corrected chi connectivity index (χ0v) is 46.3. The number of hydrogen-bond donors (Lipinski definition) is 3. The summed E-state index contributed by atoms with van der Waals surface area (Å²) in [6.07, 6.45) is 0. The molecule has 19 nitrogen and oxygen atoms in total. The maximum atomic E-state index is 11.4. The molecule has 0 fully saturated rings. The molecule has 0 saturated carbocycles. The van der Waals surface area contributed by atoms with Gasteiger partial charge in [-0.25, -0.2) is 19.2 Å². The Morgan fingerprint density at radius 1 is 0.672 bits per heavy atom. The fourth-order valence-electron chi connectivity index (χ4n) is 3.90. The van der Waals surface area contributed by atoms with Crippen molar-refractivity contribution in [3.8, 4) is 0 Å². The first-order valence-corrected chi connectivity index (χ1v) is 24.8. The van der Waals surface area contributed by atoms with Gasteiger partial charge in [-0.3, -0.25) is 24.4 Å². The summed E-state index contributed by atoms with van der Waals surface area (Å²) in [5.41, 5.74) is 6.78. The van der Waals surface area contributed by atoms with Gasteiger partial charge in [-0.2, -0.15) is 20.4 Å². The number of alkyl halides is 1. The summed E-state index contributed by atoms with van der Waals surface area (Å²) >= 11 is 15.3. The number of anilines is 1. The number of ether oxygens (including phenoxy) is 5. The molecule has 0 aliphatic heterocycles. The molecule has 4 N–H and O–H groups in total. The van der Waals surface area contributed by atoms with Gasteiger partial charge in [0.1, 0.15) is 26.4 Å². The van der Waals surface area contributed by atoms with Crippen molar-refractivity contribution < 1.29 is 61.9 Å². The van der Waals surface area contributed by atoms with Crippen LogP contribution < -0.4 is 5.73 Å². The predicted molar refractivity (Wildman–Crippen MR) is 261 cm³/mol. The van der Waals surface area contributed by atoms with Crippen molar-refractivity contribution >= 4 is 104 Å². The summed E-state index contributed by atoms with van der Waals surface area (Å²) in [4.78, 5) is 56.0. The normalized spacial score (nSPS) is 9.66. The number of nitrogens with zero attached hydrogens (tertiary/aromatic N) is 6. The zero-order valence-electron chi connectivity index (χ0n) is 38.4. The SMILES string of the molecule is C=C(C)OCC.CC(C)I.CCOC(=O)c1cc(Br)[nH]n1.CCOC(=O)c1cc(Br)n(C(C)C)n1.CCOC(=O)c1cc(C(C)=O)n(C(C)C)n1.CCOC(=O)c1cc(N)n[nH]1.[Cu][Br]. The van der Waals surface area contributed by atoms with Crippen molar-refractivity contribution in [1.29, 1.82) is 0 Å². The van der Waals surface area contributed by atoms with E-state index in [1.165, 1.54) is 23.7 Å². The number of allylic oxidation sites excluding steroid dienone is 1. The molecule has 4 heterocycles. The summed E-state index contributed by atoms with van der Waals surface area (Å²) in [5.74, 6) is -0.759. The molecule has 0 amide bonds. The summed E-state index contributed by atoms with van der Waals surface area (Å²) < 4.78 is 29.4. The molecule has 24 heteroatoms. The maximum absolute atomic E-state index is 11.4. The van der Waals surface area contributed by atoms with Crippen molar-refractivity contribution in [2.75, 3.05) is 38.8 Å². The van der Waals surface area contributed by atoms with Crippen molar-refractivity contribution in [2.24, 2.45) is 0 Å². The van der Waals surface area contributed by atoms with Gasteiger partial charge in [0.2, 0.25) is 0 Å². The van der Waals surface area contributed by atoms with Crippen LogP contribution in [0.5, 0.6) is 0 Å². The molecule has 0 unspecified atom stereocenters. The van der Waals surface area contributed by atoms with Gasteiger partial charge in [-0.05, 0) is 101 Å². The average Bonchev–Trinajstić information content (AvgIpc) is 4.04. The number of carbonyl (C=O) groups is 5. The summed E-state index contributed by atoms with van der Waals surface area (Å²) in [5, 5.41) is 20.5. The Morgan fingerprint density at radius 2 is 1.08 bits per heavy atom. The van der Waals surface area contributed by atoms with Crippen molar-refractivity contribution in [2.45, 2.75) is 106 Å². The fraction of sp³-hybridized carbons (Fsp3) is 0.525. The van der Waals surface area contributed by atoms with Crippen molar-refractivity contribution in [1.82, 2.24) is 40.0 Å². The van der Waals surface area contributed by atoms with Crippen LogP contribution in [0.4, 0.5) is 5.82 Å². The number of nitrogens with two attached hydrogens (primary N) is 1. The number of H-pyrrole nitrogens is 2. The molecule has 0 radical (unpaired) electrons. The number of ketones is 1. The molecule has 0 atom stereocenters. The quantitative estimate of drug-likeness (QED) is 0.0214. The van der Waals surface area contributed by atoms with Crippen LogP contribution in [0.25, 0.3) is 0 Å². The Labute approximate surface area is 421 Å². The second kappa shape index (κ2) is 37.6. The summed E-state index contributed by atoms with van der Waals surface area (Å²) in [6.45, 7) is 29.9. The second-order valence-corrected chi connectivity index (χ2v) is 16.9. The van der Waals surface area contributed by atoms with Crippen LogP contribution >= 0.6 is 68.6 Å². The Kier molecular flexibility index (Phi) is 38.0. The molecule has 0 aromatic carbocycles. The molecule has 64 heavy (non-hydrogen) atoms. The number of Topliss-reactive ketones (excluding diaryl/α,β-unsaturated/α-hetero) is 1. The Morgan fingerprint density at radius 3 is 1.38 bits per heavy atom. The summed E-state index contributed by atoms with van der Waals surface area (Å²) in [6, 6.07) is 6.38. The van der Waals surface area contributed by atoms with Gasteiger partial charge in [-0.15, -0.1) is 0 Å². The van der Waals surface area contributed by atoms with E-state index in [0.29, 0.717) is 48.1 Å². The van der Waals surface area contributed by atoms with Gasteiger partial charge in [0.05, 0.1) is 38.8 Å². The molecular formula is C40H62Br3CuIN9O10. The second-order valence-electron chi connectivity index (χ2n) is 12.7. The molecule has 0 bridgehead atoms. The Hall–Kier alpha value is -3.58. The van der Waals surface area contributed by atoms with Gasteiger partial charge in [-0.1, -0.05) is 43.0 Å². The number of carbonyl (C=O) groups excluding carboxylic acids is 5. The van der Waals surface area contributed by atoms with E-state index in [4.69, 9.17) is 24.7 Å². The van der Waals surface area contributed by atoms with Crippen LogP contribution in [0.2, 0.25) is 0 Å². The number of rotatable bonds is 13. The number of halogens is 4. The molecule has 0 saturated heterocycles. The van der Waals surface area contributed by atoms with E-state index in [1.54, 1.807) is 44.5 Å². The topological polar surface area (TPSA) is 251 Å². The van der Waals surface area contributed by atoms with Crippen LogP contribution in [0.3, 0.4) is 0 Å². The van der Waals surface area contributed by atoms with E-state index >= 15 is 0 Å². The number of hydrogen-bond acceptors (Lipinski definition) is 15. The monoisotopic (exact) mass is 1260 g/mol. The van der Waals surface area contributed by atoms with E-state index in [0.717, 1.165) is 20.9 Å². The van der Waals surface area contributed by atoms with E-state index in [9.17, 15) is 24.0 Å². The molecule has 0 aliphatic rings. The third-order valence-corrected chi connectivity index (χ3v) is 7.25. The minimum absolute atomic E-state index is 0.0297. The Balaban J connectivity index is -0.000000720. The molecular weight excluding hydrogens is 1200 g/mol. The predicted octanol–water partition coefficient (Wildman–Crippen LogP) is 9.99. The van der Waals surface area contributed by atoms with Gasteiger partial charge >= 0.3 is 52.2 Å². The third kappa shape index (κ3) is 29.1. The molecule has 4 rings (SSSR count). The number of aromatic amines is 2. The molecule has 4 aromatic heterocycles. The van der Waals surface area contributed by atoms with Gasteiger partial charge < -0.3 is 29.4 Å². The van der Waals surface area contributed by atoms with Gasteiger partial charge in [0, 0.05) is 47.2 Å². The number of esters is 4. The van der Waals surface area contributed by atoms with Gasteiger partial charge in [0.15, 0.2) is 22.9 Å². The van der Waals surface area contributed by atoms with E-state index in [-0.39, 0.29) is 41.0 Å². The zero-order chi connectivity index (χ0) is 50.1. The summed E-state index contributed by atoms with van der Waals surface area (Å²) in [7, 11) is 0. The minimum atomic E-state index is -0.496. The average molecular weight is 1260 g/mol. The van der Waals surface area contributed by atoms with Crippen molar-refractivity contribution in [3.05, 3.63) is 74.3 Å². The standard InChI is InChI=1S/C11H16N2O3.C9H13BrN2O2.C6H7BrN2O2.C6H9N3O2.C5H10O.C3H7I.BrH.Cu/c1-5-16-11(15)9-6-10(8(4)14)13(12-9)7(2)3;1-4-14-9(13)7-5-8(10)12(11-7)6(2)3;2*1-2-11-6(10)4-3-5(7)9-8-4;1-4-6-5(2)3;1-3(2)4;;/h6-7H,5H2,1-4H3;5-6H,4H2,1-3H3;3H,2H2,1H3,(H,8,9);3H,2H2,1H3,(H3,7,8,9);2,4H2,1,3H3;3H,1-2H3;1H;/q;;;;;;;+1/p-1.